The summed E-state index contributed by atoms with van der Waals surface area (Å²) in [4.78, 5) is 16.2. The molecule has 90 valence electrons. The molecule has 0 fully saturated rings. The van der Waals surface area contributed by atoms with Crippen LogP contribution in [0.5, 0.6) is 0 Å². The molecule has 0 radical (unpaired) electrons. The Labute approximate surface area is 105 Å². The van der Waals surface area contributed by atoms with Crippen LogP contribution in [-0.4, -0.2) is 9.55 Å². The first kappa shape index (κ1) is 13.4. The average Bonchev–Trinajstić information content (AvgIpc) is 2.24. The van der Waals surface area contributed by atoms with Crippen LogP contribution in [0.3, 0.4) is 0 Å². The lowest BCUT2D eigenvalue weighted by atomic mass is 10.1. The van der Waals surface area contributed by atoms with E-state index in [2.05, 4.69) is 34.8 Å². The summed E-state index contributed by atoms with van der Waals surface area (Å²) in [7, 11) is 0. The molecule has 3 nitrogen and oxygen atoms in total. The second-order valence-corrected chi connectivity index (χ2v) is 5.23. The minimum atomic E-state index is 0.0376. The quantitative estimate of drug-likeness (QED) is 0.834. The van der Waals surface area contributed by atoms with Crippen molar-refractivity contribution in [3.05, 3.63) is 26.8 Å². The topological polar surface area (TPSA) is 34.9 Å². The number of rotatable bonds is 5. The zero-order chi connectivity index (χ0) is 12.1. The van der Waals surface area contributed by atoms with Gasteiger partial charge in [0.1, 0.15) is 4.47 Å². The number of aryl methyl sites for hydroxylation is 2. The van der Waals surface area contributed by atoms with E-state index in [4.69, 9.17) is 0 Å². The van der Waals surface area contributed by atoms with E-state index in [1.165, 1.54) is 0 Å². The summed E-state index contributed by atoms with van der Waals surface area (Å²) in [6.45, 7) is 7.13. The van der Waals surface area contributed by atoms with Gasteiger partial charge in [-0.15, -0.1) is 0 Å². The molecule has 0 saturated heterocycles. The molecule has 4 heteroatoms. The maximum atomic E-state index is 11.9. The van der Waals surface area contributed by atoms with Crippen LogP contribution in [-0.2, 0) is 13.0 Å². The number of hydrogen-bond acceptors (Lipinski definition) is 2. The number of aromatic nitrogens is 2. The summed E-state index contributed by atoms with van der Waals surface area (Å²) in [5.41, 5.74) is 0.918. The normalized spacial score (nSPS) is 11.1. The first-order valence-electron chi connectivity index (χ1n) is 5.80. The smallest absolute Gasteiger partial charge is 0.267 e. The standard InChI is InChI=1S/C12H19BrN2O/c1-4-7-15-8-14-10(6-5-9(2)3)11(13)12(15)16/h8-9H,4-7H2,1-3H3. The van der Waals surface area contributed by atoms with Crippen molar-refractivity contribution in [2.75, 3.05) is 0 Å². The van der Waals surface area contributed by atoms with Gasteiger partial charge in [-0.3, -0.25) is 9.36 Å². The van der Waals surface area contributed by atoms with Gasteiger partial charge >= 0.3 is 0 Å². The Morgan fingerprint density at radius 2 is 2.19 bits per heavy atom. The second kappa shape index (κ2) is 6.18. The van der Waals surface area contributed by atoms with Gasteiger partial charge in [-0.2, -0.15) is 0 Å². The molecular formula is C12H19BrN2O. The summed E-state index contributed by atoms with van der Waals surface area (Å²) in [6, 6.07) is 0. The van der Waals surface area contributed by atoms with Crippen molar-refractivity contribution in [2.24, 2.45) is 5.92 Å². The molecule has 0 unspecified atom stereocenters. The molecule has 0 aliphatic heterocycles. The highest BCUT2D eigenvalue weighted by Gasteiger charge is 2.09. The van der Waals surface area contributed by atoms with Crippen molar-refractivity contribution < 1.29 is 0 Å². The van der Waals surface area contributed by atoms with Gasteiger partial charge in [0.2, 0.25) is 0 Å². The molecule has 0 atom stereocenters. The van der Waals surface area contributed by atoms with Gasteiger partial charge in [0.25, 0.3) is 5.56 Å². The van der Waals surface area contributed by atoms with Crippen LogP contribution in [0.25, 0.3) is 0 Å². The molecule has 16 heavy (non-hydrogen) atoms. The molecule has 0 aliphatic rings. The Morgan fingerprint density at radius 1 is 1.50 bits per heavy atom. The van der Waals surface area contributed by atoms with Crippen molar-refractivity contribution in [2.45, 2.75) is 46.6 Å². The molecule has 1 rings (SSSR count). The zero-order valence-electron chi connectivity index (χ0n) is 10.2. The predicted molar refractivity (Wildman–Crippen MR) is 69.6 cm³/mol. The van der Waals surface area contributed by atoms with E-state index < -0.39 is 0 Å². The highest BCUT2D eigenvalue weighted by atomic mass is 79.9. The van der Waals surface area contributed by atoms with E-state index in [0.29, 0.717) is 10.4 Å². The van der Waals surface area contributed by atoms with Gasteiger partial charge in [0.15, 0.2) is 0 Å². The van der Waals surface area contributed by atoms with Crippen LogP contribution in [0.1, 0.15) is 39.3 Å². The van der Waals surface area contributed by atoms with E-state index in [-0.39, 0.29) is 5.56 Å². The van der Waals surface area contributed by atoms with Crippen molar-refractivity contribution in [3.63, 3.8) is 0 Å². The lowest BCUT2D eigenvalue weighted by Gasteiger charge is -2.08. The molecule has 0 aromatic carbocycles. The van der Waals surface area contributed by atoms with Crippen LogP contribution < -0.4 is 5.56 Å². The number of hydrogen-bond donors (Lipinski definition) is 0. The molecule has 0 spiro atoms. The first-order valence-corrected chi connectivity index (χ1v) is 6.59. The maximum Gasteiger partial charge on any atom is 0.267 e. The fourth-order valence-electron chi connectivity index (χ4n) is 1.50. The lowest BCUT2D eigenvalue weighted by molar-refractivity contribution is 0.572. The minimum absolute atomic E-state index is 0.0376. The fraction of sp³-hybridized carbons (Fsp3) is 0.667. The summed E-state index contributed by atoms with van der Waals surface area (Å²) >= 11 is 3.36. The number of nitrogens with zero attached hydrogens (tertiary/aromatic N) is 2. The van der Waals surface area contributed by atoms with Crippen LogP contribution in [0.15, 0.2) is 15.6 Å². The van der Waals surface area contributed by atoms with Gasteiger partial charge in [-0.25, -0.2) is 4.98 Å². The molecule has 1 aromatic heterocycles. The highest BCUT2D eigenvalue weighted by molar-refractivity contribution is 9.10. The molecule has 0 N–H and O–H groups in total. The van der Waals surface area contributed by atoms with E-state index in [1.54, 1.807) is 10.9 Å². The highest BCUT2D eigenvalue weighted by Crippen LogP contribution is 2.13. The van der Waals surface area contributed by atoms with Gasteiger partial charge in [0, 0.05) is 6.54 Å². The Morgan fingerprint density at radius 3 is 2.75 bits per heavy atom. The van der Waals surface area contributed by atoms with Gasteiger partial charge in [-0.05, 0) is 41.1 Å². The molecule has 0 aliphatic carbocycles. The molecule has 0 amide bonds. The lowest BCUT2D eigenvalue weighted by Crippen LogP contribution is -2.22. The molecule has 0 bridgehead atoms. The largest absolute Gasteiger partial charge is 0.298 e. The van der Waals surface area contributed by atoms with E-state index in [0.717, 1.165) is 31.5 Å². The van der Waals surface area contributed by atoms with Crippen molar-refractivity contribution in [3.8, 4) is 0 Å². The molecular weight excluding hydrogens is 268 g/mol. The second-order valence-electron chi connectivity index (χ2n) is 4.44. The number of halogens is 1. The van der Waals surface area contributed by atoms with E-state index in [1.807, 2.05) is 6.92 Å². The third kappa shape index (κ3) is 3.44. The van der Waals surface area contributed by atoms with Crippen LogP contribution in [0, 0.1) is 5.92 Å². The first-order chi connectivity index (χ1) is 7.56. The molecule has 0 saturated carbocycles. The summed E-state index contributed by atoms with van der Waals surface area (Å²) < 4.78 is 2.28. The van der Waals surface area contributed by atoms with Crippen molar-refractivity contribution in [1.29, 1.82) is 0 Å². The Kier molecular flexibility index (Phi) is 5.19. The van der Waals surface area contributed by atoms with Crippen molar-refractivity contribution in [1.82, 2.24) is 9.55 Å². The molecule has 1 heterocycles. The minimum Gasteiger partial charge on any atom is -0.298 e. The Balaban J connectivity index is 2.89. The van der Waals surface area contributed by atoms with Crippen LogP contribution >= 0.6 is 15.9 Å². The van der Waals surface area contributed by atoms with Crippen LogP contribution in [0.2, 0.25) is 0 Å². The van der Waals surface area contributed by atoms with Crippen LogP contribution in [0.4, 0.5) is 0 Å². The monoisotopic (exact) mass is 286 g/mol. The van der Waals surface area contributed by atoms with Gasteiger partial charge in [0.05, 0.1) is 12.0 Å². The Bertz CT molecular complexity index is 398. The van der Waals surface area contributed by atoms with E-state index in [9.17, 15) is 4.79 Å². The zero-order valence-corrected chi connectivity index (χ0v) is 11.7. The SMILES string of the molecule is CCCn1cnc(CCC(C)C)c(Br)c1=O. The summed E-state index contributed by atoms with van der Waals surface area (Å²) in [5.74, 6) is 0.631. The summed E-state index contributed by atoms with van der Waals surface area (Å²) in [5, 5.41) is 0. The van der Waals surface area contributed by atoms with E-state index >= 15 is 0 Å². The Hall–Kier alpha value is -0.640. The average molecular weight is 287 g/mol. The summed E-state index contributed by atoms with van der Waals surface area (Å²) in [6.07, 6.45) is 4.52. The maximum absolute atomic E-state index is 11.9. The molecule has 1 aromatic rings. The third-order valence-corrected chi connectivity index (χ3v) is 3.27. The third-order valence-electron chi connectivity index (χ3n) is 2.48. The predicted octanol–water partition coefficient (Wildman–Crippen LogP) is 3.00. The van der Waals surface area contributed by atoms with Gasteiger partial charge < -0.3 is 0 Å². The van der Waals surface area contributed by atoms with Crippen molar-refractivity contribution >= 4 is 15.9 Å². The van der Waals surface area contributed by atoms with Gasteiger partial charge in [-0.1, -0.05) is 20.8 Å². The fourth-order valence-corrected chi connectivity index (χ4v) is 2.03.